The second kappa shape index (κ2) is 3.54. The molecular weight excluding hydrogens is 197 g/mol. The summed E-state index contributed by atoms with van der Waals surface area (Å²) in [7, 11) is 0. The average Bonchev–Trinajstić information content (AvgIpc) is 2.06. The molecule has 1 heterocycles. The van der Waals surface area contributed by atoms with Crippen LogP contribution < -0.4 is 4.74 Å². The Labute approximate surface area is 77.7 Å². The highest BCUT2D eigenvalue weighted by Crippen LogP contribution is 2.25. The van der Waals surface area contributed by atoms with Gasteiger partial charge in [0.25, 0.3) is 0 Å². The van der Waals surface area contributed by atoms with Gasteiger partial charge >= 0.3 is 6.36 Å². The van der Waals surface area contributed by atoms with Gasteiger partial charge in [0.2, 0.25) is 0 Å². The molecular formula is C8H5F3N2O. The van der Waals surface area contributed by atoms with E-state index >= 15 is 0 Å². The van der Waals surface area contributed by atoms with E-state index in [1.54, 1.807) is 6.07 Å². The monoisotopic (exact) mass is 202 g/mol. The van der Waals surface area contributed by atoms with E-state index in [1.807, 2.05) is 0 Å². The molecule has 0 aromatic carbocycles. The Bertz CT molecular complexity index is 381. The largest absolute Gasteiger partial charge is 0.573 e. The Hall–Kier alpha value is -1.77. The van der Waals surface area contributed by atoms with Gasteiger partial charge in [-0.3, -0.25) is 4.98 Å². The van der Waals surface area contributed by atoms with Gasteiger partial charge in [-0.25, -0.2) is 0 Å². The van der Waals surface area contributed by atoms with Gasteiger partial charge < -0.3 is 4.74 Å². The summed E-state index contributed by atoms with van der Waals surface area (Å²) in [6, 6.07) is 2.67. The molecule has 0 spiro atoms. The van der Waals surface area contributed by atoms with E-state index in [-0.39, 0.29) is 11.3 Å². The number of nitrogens with zero attached hydrogens (tertiary/aromatic N) is 2. The van der Waals surface area contributed by atoms with E-state index in [4.69, 9.17) is 5.26 Å². The third-order valence-electron chi connectivity index (χ3n) is 1.40. The molecule has 1 aromatic heterocycles. The Morgan fingerprint density at radius 3 is 2.64 bits per heavy atom. The van der Waals surface area contributed by atoms with Crippen LogP contribution in [0.15, 0.2) is 12.3 Å². The molecule has 0 aliphatic carbocycles. The van der Waals surface area contributed by atoms with Crippen LogP contribution in [0.2, 0.25) is 0 Å². The van der Waals surface area contributed by atoms with Gasteiger partial charge in [-0.15, -0.1) is 13.2 Å². The lowest BCUT2D eigenvalue weighted by Gasteiger charge is -2.10. The Balaban J connectivity index is 3.03. The van der Waals surface area contributed by atoms with Crippen LogP contribution in [0.3, 0.4) is 0 Å². The van der Waals surface area contributed by atoms with Gasteiger partial charge in [0, 0.05) is 12.3 Å². The van der Waals surface area contributed by atoms with E-state index in [1.165, 1.54) is 13.1 Å². The molecule has 14 heavy (non-hydrogen) atoms. The van der Waals surface area contributed by atoms with Crippen LogP contribution in [0.5, 0.6) is 5.75 Å². The molecule has 0 unspecified atom stereocenters. The van der Waals surface area contributed by atoms with E-state index in [0.717, 1.165) is 6.07 Å². The number of nitriles is 1. The summed E-state index contributed by atoms with van der Waals surface area (Å²) in [4.78, 5) is 3.59. The molecule has 0 saturated carbocycles. The molecule has 0 aliphatic rings. The van der Waals surface area contributed by atoms with Gasteiger partial charge in [0.05, 0.1) is 11.3 Å². The SMILES string of the molecule is Cc1ncc(C#N)cc1OC(F)(F)F. The Morgan fingerprint density at radius 2 is 2.14 bits per heavy atom. The second-order valence-corrected chi connectivity index (χ2v) is 2.47. The summed E-state index contributed by atoms with van der Waals surface area (Å²) >= 11 is 0. The predicted molar refractivity (Wildman–Crippen MR) is 40.4 cm³/mol. The quantitative estimate of drug-likeness (QED) is 0.700. The zero-order valence-electron chi connectivity index (χ0n) is 7.09. The zero-order chi connectivity index (χ0) is 10.8. The third-order valence-corrected chi connectivity index (χ3v) is 1.40. The van der Waals surface area contributed by atoms with Gasteiger partial charge in [0.1, 0.15) is 6.07 Å². The normalized spacial score (nSPS) is 10.8. The molecule has 0 bridgehead atoms. The van der Waals surface area contributed by atoms with E-state index in [0.29, 0.717) is 0 Å². The van der Waals surface area contributed by atoms with E-state index in [9.17, 15) is 13.2 Å². The average molecular weight is 202 g/mol. The summed E-state index contributed by atoms with van der Waals surface area (Å²) < 4.78 is 39.1. The van der Waals surface area contributed by atoms with Crippen LogP contribution in [0.1, 0.15) is 11.3 Å². The van der Waals surface area contributed by atoms with Crippen molar-refractivity contribution in [2.24, 2.45) is 0 Å². The van der Waals surface area contributed by atoms with Gasteiger partial charge in [-0.2, -0.15) is 5.26 Å². The van der Waals surface area contributed by atoms with Crippen molar-refractivity contribution in [3.63, 3.8) is 0 Å². The van der Waals surface area contributed by atoms with Crippen molar-refractivity contribution < 1.29 is 17.9 Å². The molecule has 0 atom stereocenters. The lowest BCUT2D eigenvalue weighted by Crippen LogP contribution is -2.18. The van der Waals surface area contributed by atoms with Crippen molar-refractivity contribution in [1.82, 2.24) is 4.98 Å². The Morgan fingerprint density at radius 1 is 1.50 bits per heavy atom. The molecule has 1 aromatic rings. The van der Waals surface area contributed by atoms with Crippen molar-refractivity contribution in [3.05, 3.63) is 23.5 Å². The van der Waals surface area contributed by atoms with Crippen LogP contribution >= 0.6 is 0 Å². The van der Waals surface area contributed by atoms with Gasteiger partial charge in [0.15, 0.2) is 5.75 Å². The first kappa shape index (κ1) is 10.3. The van der Waals surface area contributed by atoms with Crippen LogP contribution in [0.4, 0.5) is 13.2 Å². The molecule has 0 amide bonds. The summed E-state index contributed by atoms with van der Waals surface area (Å²) in [6.07, 6.45) is -3.58. The highest BCUT2D eigenvalue weighted by atomic mass is 19.4. The zero-order valence-corrected chi connectivity index (χ0v) is 7.09. The number of aryl methyl sites for hydroxylation is 1. The minimum Gasteiger partial charge on any atom is -0.404 e. The van der Waals surface area contributed by atoms with E-state index < -0.39 is 12.1 Å². The first-order chi connectivity index (χ1) is 6.42. The molecule has 6 heteroatoms. The number of alkyl halides is 3. The van der Waals surface area contributed by atoms with E-state index in [2.05, 4.69) is 9.72 Å². The lowest BCUT2D eigenvalue weighted by atomic mass is 10.2. The fourth-order valence-electron chi connectivity index (χ4n) is 0.802. The number of rotatable bonds is 1. The van der Waals surface area contributed by atoms with Crippen molar-refractivity contribution in [2.45, 2.75) is 13.3 Å². The number of pyridine rings is 1. The smallest absolute Gasteiger partial charge is 0.404 e. The predicted octanol–water partition coefficient (Wildman–Crippen LogP) is 2.16. The van der Waals surface area contributed by atoms with Gasteiger partial charge in [-0.05, 0) is 6.92 Å². The molecule has 0 radical (unpaired) electrons. The summed E-state index contributed by atoms with van der Waals surface area (Å²) in [5, 5.41) is 8.42. The molecule has 3 nitrogen and oxygen atoms in total. The fraction of sp³-hybridized carbons (Fsp3) is 0.250. The lowest BCUT2D eigenvalue weighted by molar-refractivity contribution is -0.275. The van der Waals surface area contributed by atoms with Crippen molar-refractivity contribution in [1.29, 1.82) is 5.26 Å². The fourth-order valence-corrected chi connectivity index (χ4v) is 0.802. The van der Waals surface area contributed by atoms with Gasteiger partial charge in [-0.1, -0.05) is 0 Å². The third kappa shape index (κ3) is 2.62. The highest BCUT2D eigenvalue weighted by molar-refractivity contribution is 5.36. The number of halogens is 3. The first-order valence-corrected chi connectivity index (χ1v) is 3.55. The minimum atomic E-state index is -4.76. The second-order valence-electron chi connectivity index (χ2n) is 2.47. The van der Waals surface area contributed by atoms with Crippen LogP contribution in [0.25, 0.3) is 0 Å². The number of hydrogen-bond donors (Lipinski definition) is 0. The first-order valence-electron chi connectivity index (χ1n) is 3.55. The summed E-state index contributed by atoms with van der Waals surface area (Å²) in [5.74, 6) is -0.448. The highest BCUT2D eigenvalue weighted by Gasteiger charge is 2.32. The molecule has 1 rings (SSSR count). The molecule has 74 valence electrons. The topological polar surface area (TPSA) is 45.9 Å². The summed E-state index contributed by atoms with van der Waals surface area (Å²) in [6.45, 7) is 1.36. The van der Waals surface area contributed by atoms with Crippen LogP contribution in [-0.2, 0) is 0 Å². The molecule has 0 fully saturated rings. The maximum Gasteiger partial charge on any atom is 0.573 e. The van der Waals surface area contributed by atoms with Crippen LogP contribution in [0, 0.1) is 18.3 Å². The number of hydrogen-bond acceptors (Lipinski definition) is 3. The van der Waals surface area contributed by atoms with Crippen molar-refractivity contribution >= 4 is 0 Å². The maximum atomic E-state index is 11.8. The number of aromatic nitrogens is 1. The maximum absolute atomic E-state index is 11.8. The Kier molecular flexibility index (Phi) is 2.60. The molecule has 0 N–H and O–H groups in total. The minimum absolute atomic E-state index is 0.0230. The molecule has 0 saturated heterocycles. The summed E-state index contributed by atoms with van der Waals surface area (Å²) in [5.41, 5.74) is 0.108. The standard InChI is InChI=1S/C8H5F3N2O/c1-5-7(14-8(9,10)11)2-6(3-12)4-13-5/h2,4H,1H3. The van der Waals surface area contributed by atoms with Crippen molar-refractivity contribution in [2.75, 3.05) is 0 Å². The molecule has 0 aliphatic heterocycles. The van der Waals surface area contributed by atoms with Crippen LogP contribution in [-0.4, -0.2) is 11.3 Å². The van der Waals surface area contributed by atoms with Crippen molar-refractivity contribution in [3.8, 4) is 11.8 Å². The number of ether oxygens (including phenoxy) is 1.